The zero-order valence-electron chi connectivity index (χ0n) is 15.6. The Morgan fingerprint density at radius 2 is 2.07 bits per heavy atom. The van der Waals surface area contributed by atoms with Gasteiger partial charge in [-0.25, -0.2) is 0 Å². The Kier molecular flexibility index (Phi) is 6.79. The third-order valence-corrected chi connectivity index (χ3v) is 5.42. The number of hydrogen-bond acceptors (Lipinski definition) is 6. The number of hydrogen-bond donors (Lipinski definition) is 1. The number of ether oxygens (including phenoxy) is 2. The molecule has 2 aromatic rings. The van der Waals surface area contributed by atoms with E-state index in [1.807, 2.05) is 13.0 Å². The van der Waals surface area contributed by atoms with E-state index in [1.54, 1.807) is 43.5 Å². The van der Waals surface area contributed by atoms with E-state index < -0.39 is 11.8 Å². The van der Waals surface area contributed by atoms with E-state index in [0.717, 1.165) is 22.3 Å². The van der Waals surface area contributed by atoms with Gasteiger partial charge in [-0.2, -0.15) is 5.01 Å². The first-order chi connectivity index (χ1) is 13.9. The second-order valence-corrected chi connectivity index (χ2v) is 7.92. The monoisotopic (exact) mass is 448 g/mol. The topological polar surface area (TPSA) is 67.9 Å². The van der Waals surface area contributed by atoms with Crippen LogP contribution in [0.15, 0.2) is 47.4 Å². The van der Waals surface area contributed by atoms with E-state index in [1.165, 1.54) is 6.07 Å². The molecule has 0 spiro atoms. The second-order valence-electron chi connectivity index (χ2n) is 5.81. The summed E-state index contributed by atoms with van der Waals surface area (Å²) < 4.78 is 11.1. The molecule has 2 aromatic carbocycles. The van der Waals surface area contributed by atoms with Crippen molar-refractivity contribution in [1.82, 2.24) is 10.4 Å². The molecular formula is C20H17ClN2O4S2. The number of carbonyl (C=O) groups is 2. The first-order valence-corrected chi connectivity index (χ1v) is 10.2. The first-order valence-electron chi connectivity index (χ1n) is 8.58. The molecule has 1 N–H and O–H groups in total. The predicted octanol–water partition coefficient (Wildman–Crippen LogP) is 4.29. The van der Waals surface area contributed by atoms with Gasteiger partial charge in [-0.1, -0.05) is 35.5 Å². The van der Waals surface area contributed by atoms with E-state index in [2.05, 4.69) is 5.43 Å². The van der Waals surface area contributed by atoms with Gasteiger partial charge in [0, 0.05) is 10.6 Å². The van der Waals surface area contributed by atoms with E-state index in [-0.39, 0.29) is 4.32 Å². The van der Waals surface area contributed by atoms with Gasteiger partial charge in [0.05, 0.1) is 18.6 Å². The molecule has 0 atom stereocenters. The highest BCUT2D eigenvalue weighted by Crippen LogP contribution is 2.34. The van der Waals surface area contributed by atoms with Crippen LogP contribution < -0.4 is 14.9 Å². The Morgan fingerprint density at radius 3 is 2.76 bits per heavy atom. The molecule has 0 bridgehead atoms. The van der Waals surface area contributed by atoms with Crippen molar-refractivity contribution >= 4 is 57.8 Å². The fourth-order valence-electron chi connectivity index (χ4n) is 2.56. The van der Waals surface area contributed by atoms with E-state index in [4.69, 9.17) is 33.3 Å². The van der Waals surface area contributed by atoms with Crippen molar-refractivity contribution in [3.8, 4) is 11.5 Å². The molecule has 1 aliphatic heterocycles. The lowest BCUT2D eigenvalue weighted by Gasteiger charge is -2.15. The van der Waals surface area contributed by atoms with Gasteiger partial charge in [0.2, 0.25) is 0 Å². The summed E-state index contributed by atoms with van der Waals surface area (Å²) in [5.41, 5.74) is 3.59. The molecule has 2 amide bonds. The number of amides is 2. The van der Waals surface area contributed by atoms with Gasteiger partial charge >= 0.3 is 0 Å². The van der Waals surface area contributed by atoms with Gasteiger partial charge in [-0.05, 0) is 61.1 Å². The number of nitrogens with one attached hydrogen (secondary N) is 1. The van der Waals surface area contributed by atoms with Crippen LogP contribution in [0.3, 0.4) is 0 Å². The Bertz CT molecular complexity index is 1010. The number of carbonyl (C=O) groups excluding carboxylic acids is 2. The van der Waals surface area contributed by atoms with E-state index in [9.17, 15) is 9.59 Å². The molecule has 0 aromatic heterocycles. The summed E-state index contributed by atoms with van der Waals surface area (Å²) in [5.74, 6) is 0.287. The Morgan fingerprint density at radius 1 is 1.28 bits per heavy atom. The highest BCUT2D eigenvalue weighted by atomic mass is 35.5. The maximum absolute atomic E-state index is 12.7. The molecule has 6 nitrogen and oxygen atoms in total. The number of thiocarbonyl (C=S) groups is 1. The zero-order valence-corrected chi connectivity index (χ0v) is 18.0. The summed E-state index contributed by atoms with van der Waals surface area (Å²) in [6.07, 6.45) is 1.68. The third kappa shape index (κ3) is 4.90. The molecular weight excluding hydrogens is 432 g/mol. The van der Waals surface area contributed by atoms with Crippen LogP contribution in [0.5, 0.6) is 11.5 Å². The predicted molar refractivity (Wildman–Crippen MR) is 118 cm³/mol. The Labute approximate surface area is 182 Å². The summed E-state index contributed by atoms with van der Waals surface area (Å²) in [5, 5.41) is 1.48. The van der Waals surface area contributed by atoms with Crippen LogP contribution in [0.25, 0.3) is 6.08 Å². The summed E-state index contributed by atoms with van der Waals surface area (Å²) in [6, 6.07) is 11.8. The maximum atomic E-state index is 12.7. The summed E-state index contributed by atoms with van der Waals surface area (Å²) in [7, 11) is 1.55. The summed E-state index contributed by atoms with van der Waals surface area (Å²) in [6.45, 7) is 2.40. The van der Waals surface area contributed by atoms with Crippen molar-refractivity contribution in [1.29, 1.82) is 0 Å². The molecule has 29 heavy (non-hydrogen) atoms. The van der Waals surface area contributed by atoms with Crippen LogP contribution in [-0.4, -0.2) is 34.9 Å². The molecule has 1 saturated heterocycles. The SMILES string of the molecule is CCOc1ccc(/C=C2\SC(=S)N(NC(=O)c3cccc(Cl)c3)C2=O)cc1OC. The minimum Gasteiger partial charge on any atom is -0.493 e. The normalized spacial score (nSPS) is 15.0. The number of rotatable bonds is 6. The average molecular weight is 449 g/mol. The smallest absolute Gasteiger partial charge is 0.285 e. The number of thioether (sulfide) groups is 1. The molecule has 1 fully saturated rings. The average Bonchev–Trinajstić information content (AvgIpc) is 2.96. The van der Waals surface area contributed by atoms with Crippen LogP contribution in [0.2, 0.25) is 5.02 Å². The number of benzene rings is 2. The number of halogens is 1. The molecule has 9 heteroatoms. The lowest BCUT2D eigenvalue weighted by Crippen LogP contribution is -2.44. The fourth-order valence-corrected chi connectivity index (χ4v) is 3.93. The maximum Gasteiger partial charge on any atom is 0.285 e. The van der Waals surface area contributed by atoms with Gasteiger partial charge in [-0.3, -0.25) is 15.0 Å². The molecule has 0 unspecified atom stereocenters. The highest BCUT2D eigenvalue weighted by Gasteiger charge is 2.33. The lowest BCUT2D eigenvalue weighted by atomic mass is 10.2. The molecule has 3 rings (SSSR count). The molecule has 1 aliphatic rings. The summed E-state index contributed by atoms with van der Waals surface area (Å²) >= 11 is 12.3. The first kappa shape index (κ1) is 21.2. The largest absolute Gasteiger partial charge is 0.493 e. The molecule has 0 radical (unpaired) electrons. The Hall–Kier alpha value is -2.55. The van der Waals surface area contributed by atoms with Crippen molar-refractivity contribution in [2.45, 2.75) is 6.92 Å². The minimum absolute atomic E-state index is 0.231. The molecule has 0 saturated carbocycles. The van der Waals surface area contributed by atoms with Gasteiger partial charge in [0.25, 0.3) is 11.8 Å². The lowest BCUT2D eigenvalue weighted by molar-refractivity contribution is -0.123. The minimum atomic E-state index is -0.479. The van der Waals surface area contributed by atoms with Crippen LogP contribution in [0.1, 0.15) is 22.8 Å². The van der Waals surface area contributed by atoms with Crippen LogP contribution in [0, 0.1) is 0 Å². The third-order valence-electron chi connectivity index (χ3n) is 3.88. The van der Waals surface area contributed by atoms with Gasteiger partial charge < -0.3 is 9.47 Å². The van der Waals surface area contributed by atoms with E-state index >= 15 is 0 Å². The number of methoxy groups -OCH3 is 1. The van der Waals surface area contributed by atoms with E-state index in [0.29, 0.717) is 33.6 Å². The van der Waals surface area contributed by atoms with Gasteiger partial charge in [-0.15, -0.1) is 0 Å². The fraction of sp³-hybridized carbons (Fsp3) is 0.150. The highest BCUT2D eigenvalue weighted by molar-refractivity contribution is 8.26. The van der Waals surface area contributed by atoms with Crippen LogP contribution in [0.4, 0.5) is 0 Å². The van der Waals surface area contributed by atoms with Crippen molar-refractivity contribution < 1.29 is 19.1 Å². The van der Waals surface area contributed by atoms with Crippen molar-refractivity contribution in [3.05, 3.63) is 63.5 Å². The van der Waals surface area contributed by atoms with Crippen molar-refractivity contribution in [2.24, 2.45) is 0 Å². The van der Waals surface area contributed by atoms with Crippen molar-refractivity contribution in [3.63, 3.8) is 0 Å². The molecule has 150 valence electrons. The van der Waals surface area contributed by atoms with Crippen molar-refractivity contribution in [2.75, 3.05) is 13.7 Å². The van der Waals surface area contributed by atoms with Gasteiger partial charge in [0.1, 0.15) is 0 Å². The Balaban J connectivity index is 1.78. The zero-order chi connectivity index (χ0) is 21.0. The standard InChI is InChI=1S/C20H17ClN2O4S2/c1-3-27-15-8-7-12(9-16(15)26-2)10-17-19(25)23(20(28)29-17)22-18(24)13-5-4-6-14(21)11-13/h4-11H,3H2,1-2H3,(H,22,24)/b17-10-. The summed E-state index contributed by atoms with van der Waals surface area (Å²) in [4.78, 5) is 25.5. The number of nitrogens with zero attached hydrogens (tertiary/aromatic N) is 1. The number of hydrazine groups is 1. The molecule has 1 heterocycles. The van der Waals surface area contributed by atoms with Crippen LogP contribution >= 0.6 is 35.6 Å². The van der Waals surface area contributed by atoms with Gasteiger partial charge in [0.15, 0.2) is 15.8 Å². The quantitative estimate of drug-likeness (QED) is 0.525. The molecule has 0 aliphatic carbocycles. The van der Waals surface area contributed by atoms with Crippen LogP contribution in [-0.2, 0) is 4.79 Å². The second kappa shape index (κ2) is 9.30.